The maximum Gasteiger partial charge on any atom is 0.262 e. The van der Waals surface area contributed by atoms with E-state index in [0.29, 0.717) is 16.0 Å². The lowest BCUT2D eigenvalue weighted by atomic mass is 10.1. The molecule has 0 fully saturated rings. The lowest BCUT2D eigenvalue weighted by Gasteiger charge is -2.02. The van der Waals surface area contributed by atoms with Crippen molar-refractivity contribution < 1.29 is 4.79 Å². The zero-order valence-electron chi connectivity index (χ0n) is 9.58. The van der Waals surface area contributed by atoms with Crippen LogP contribution in [0, 0.1) is 0 Å². The van der Waals surface area contributed by atoms with Gasteiger partial charge in [-0.2, -0.15) is 0 Å². The molecule has 6 nitrogen and oxygen atoms in total. The SMILES string of the molecule is O=C(Nc1nncs1)c1c[nH]c2ccccc2c1=O. The Balaban J connectivity index is 2.03. The van der Waals surface area contributed by atoms with Crippen LogP contribution in [0.25, 0.3) is 10.9 Å². The van der Waals surface area contributed by atoms with E-state index in [0.717, 1.165) is 0 Å². The normalized spacial score (nSPS) is 10.5. The summed E-state index contributed by atoms with van der Waals surface area (Å²) in [6.07, 6.45) is 1.40. The Morgan fingerprint density at radius 1 is 1.32 bits per heavy atom. The number of carbonyl (C=O) groups excluding carboxylic acids is 1. The zero-order valence-corrected chi connectivity index (χ0v) is 10.4. The number of H-pyrrole nitrogens is 1. The van der Waals surface area contributed by atoms with E-state index in [4.69, 9.17) is 0 Å². The van der Waals surface area contributed by atoms with Crippen LogP contribution >= 0.6 is 11.3 Å². The lowest BCUT2D eigenvalue weighted by molar-refractivity contribution is 0.102. The molecule has 3 rings (SSSR count). The highest BCUT2D eigenvalue weighted by Crippen LogP contribution is 2.11. The van der Waals surface area contributed by atoms with Crippen LogP contribution in [0.2, 0.25) is 0 Å². The topological polar surface area (TPSA) is 87.7 Å². The number of hydrogen-bond donors (Lipinski definition) is 2. The Labute approximate surface area is 111 Å². The van der Waals surface area contributed by atoms with Gasteiger partial charge in [-0.15, -0.1) is 10.2 Å². The Kier molecular flexibility index (Phi) is 2.81. The predicted octanol–water partition coefficient (Wildman–Crippen LogP) is 1.63. The van der Waals surface area contributed by atoms with Gasteiger partial charge in [-0.1, -0.05) is 23.5 Å². The van der Waals surface area contributed by atoms with Crippen molar-refractivity contribution in [2.45, 2.75) is 0 Å². The largest absolute Gasteiger partial charge is 0.360 e. The van der Waals surface area contributed by atoms with Crippen LogP contribution in [0.1, 0.15) is 10.4 Å². The van der Waals surface area contributed by atoms with Crippen LogP contribution in [0.15, 0.2) is 40.8 Å². The third kappa shape index (κ3) is 2.11. The van der Waals surface area contributed by atoms with Gasteiger partial charge in [-0.25, -0.2) is 0 Å². The average Bonchev–Trinajstić information content (AvgIpc) is 2.92. The van der Waals surface area contributed by atoms with E-state index in [1.54, 1.807) is 18.2 Å². The number of benzene rings is 1. The van der Waals surface area contributed by atoms with Gasteiger partial charge in [0, 0.05) is 17.1 Å². The number of fused-ring (bicyclic) bond motifs is 1. The molecule has 19 heavy (non-hydrogen) atoms. The quantitative estimate of drug-likeness (QED) is 0.742. The second-order valence-electron chi connectivity index (χ2n) is 3.78. The highest BCUT2D eigenvalue weighted by molar-refractivity contribution is 7.13. The van der Waals surface area contributed by atoms with Gasteiger partial charge in [0.25, 0.3) is 5.91 Å². The summed E-state index contributed by atoms with van der Waals surface area (Å²) in [6.45, 7) is 0. The summed E-state index contributed by atoms with van der Waals surface area (Å²) >= 11 is 1.19. The number of amides is 1. The summed E-state index contributed by atoms with van der Waals surface area (Å²) in [5.41, 5.74) is 1.94. The molecule has 1 aromatic carbocycles. The number of pyridine rings is 1. The summed E-state index contributed by atoms with van der Waals surface area (Å²) in [6, 6.07) is 7.03. The third-order valence-corrected chi connectivity index (χ3v) is 3.22. The smallest absolute Gasteiger partial charge is 0.262 e. The summed E-state index contributed by atoms with van der Waals surface area (Å²) in [4.78, 5) is 27.1. The number of rotatable bonds is 2. The zero-order chi connectivity index (χ0) is 13.2. The standard InChI is InChI=1S/C12H8N4O2S/c17-10-7-3-1-2-4-9(7)13-5-8(10)11(18)15-12-16-14-6-19-12/h1-6H,(H,13,17)(H,15,16,18). The van der Waals surface area contributed by atoms with E-state index < -0.39 is 5.91 Å². The van der Waals surface area contributed by atoms with Crippen LogP contribution < -0.4 is 10.7 Å². The molecule has 3 aromatic rings. The first kappa shape index (κ1) is 11.5. The molecule has 7 heteroatoms. The summed E-state index contributed by atoms with van der Waals surface area (Å²) < 4.78 is 0. The van der Waals surface area contributed by atoms with Crippen molar-refractivity contribution in [1.82, 2.24) is 15.2 Å². The fourth-order valence-electron chi connectivity index (χ4n) is 1.73. The van der Waals surface area contributed by atoms with Gasteiger partial charge in [-0.3, -0.25) is 14.9 Å². The minimum atomic E-state index is -0.497. The van der Waals surface area contributed by atoms with Crippen LogP contribution in [-0.2, 0) is 0 Å². The van der Waals surface area contributed by atoms with E-state index in [1.807, 2.05) is 6.07 Å². The van der Waals surface area contributed by atoms with Crippen LogP contribution in [0.4, 0.5) is 5.13 Å². The molecule has 0 saturated carbocycles. The van der Waals surface area contributed by atoms with Crippen LogP contribution in [0.5, 0.6) is 0 Å². The van der Waals surface area contributed by atoms with Gasteiger partial charge in [0.1, 0.15) is 11.1 Å². The first-order valence-corrected chi connectivity index (χ1v) is 6.31. The molecule has 2 aromatic heterocycles. The lowest BCUT2D eigenvalue weighted by Crippen LogP contribution is -2.21. The molecule has 0 aliphatic heterocycles. The van der Waals surface area contributed by atoms with Crippen molar-refractivity contribution in [3.8, 4) is 0 Å². The van der Waals surface area contributed by atoms with E-state index in [-0.39, 0.29) is 11.0 Å². The Morgan fingerprint density at radius 3 is 2.95 bits per heavy atom. The highest BCUT2D eigenvalue weighted by Gasteiger charge is 2.13. The molecule has 2 heterocycles. The maximum absolute atomic E-state index is 12.2. The number of hydrogen-bond acceptors (Lipinski definition) is 5. The number of anilines is 1. The number of aromatic amines is 1. The molecule has 0 unspecified atom stereocenters. The monoisotopic (exact) mass is 272 g/mol. The molecular formula is C12H8N4O2S. The Hall–Kier alpha value is -2.54. The fourth-order valence-corrected chi connectivity index (χ4v) is 2.17. The summed E-state index contributed by atoms with van der Waals surface area (Å²) in [5, 5.41) is 10.7. The number of nitrogens with zero attached hydrogens (tertiary/aromatic N) is 2. The van der Waals surface area contributed by atoms with E-state index in [2.05, 4.69) is 20.5 Å². The van der Waals surface area contributed by atoms with E-state index >= 15 is 0 Å². The van der Waals surface area contributed by atoms with Crippen molar-refractivity contribution in [3.05, 3.63) is 51.8 Å². The second-order valence-corrected chi connectivity index (χ2v) is 4.61. The number of nitrogens with one attached hydrogen (secondary N) is 2. The molecule has 0 bridgehead atoms. The predicted molar refractivity (Wildman–Crippen MR) is 72.4 cm³/mol. The van der Waals surface area contributed by atoms with E-state index in [1.165, 1.54) is 23.0 Å². The summed E-state index contributed by atoms with van der Waals surface area (Å²) in [5.74, 6) is -0.497. The molecule has 0 saturated heterocycles. The molecule has 0 aliphatic rings. The molecule has 2 N–H and O–H groups in total. The van der Waals surface area contributed by atoms with Crippen LogP contribution in [-0.4, -0.2) is 21.1 Å². The van der Waals surface area contributed by atoms with Gasteiger partial charge in [-0.05, 0) is 12.1 Å². The van der Waals surface area contributed by atoms with Gasteiger partial charge < -0.3 is 4.98 Å². The second kappa shape index (κ2) is 4.62. The molecule has 0 aliphatic carbocycles. The average molecular weight is 272 g/mol. The van der Waals surface area contributed by atoms with Crippen molar-refractivity contribution in [2.24, 2.45) is 0 Å². The summed E-state index contributed by atoms with van der Waals surface area (Å²) in [7, 11) is 0. The number of aromatic nitrogens is 3. The maximum atomic E-state index is 12.2. The minimum Gasteiger partial charge on any atom is -0.360 e. The van der Waals surface area contributed by atoms with Crippen LogP contribution in [0.3, 0.4) is 0 Å². The van der Waals surface area contributed by atoms with Crippen molar-refractivity contribution in [3.63, 3.8) is 0 Å². The number of carbonyl (C=O) groups is 1. The van der Waals surface area contributed by atoms with Gasteiger partial charge >= 0.3 is 0 Å². The number of para-hydroxylation sites is 1. The first-order valence-electron chi connectivity index (χ1n) is 5.43. The van der Waals surface area contributed by atoms with Gasteiger partial charge in [0.2, 0.25) is 10.6 Å². The van der Waals surface area contributed by atoms with Crippen molar-refractivity contribution >= 4 is 33.3 Å². The molecule has 94 valence electrons. The first-order chi connectivity index (χ1) is 9.25. The molecule has 0 atom stereocenters. The Morgan fingerprint density at radius 2 is 2.16 bits per heavy atom. The Bertz CT molecular complexity index is 795. The van der Waals surface area contributed by atoms with Gasteiger partial charge in [0.15, 0.2) is 0 Å². The third-order valence-electron chi connectivity index (χ3n) is 2.61. The minimum absolute atomic E-state index is 0.0499. The highest BCUT2D eigenvalue weighted by atomic mass is 32.1. The molecular weight excluding hydrogens is 264 g/mol. The van der Waals surface area contributed by atoms with Gasteiger partial charge in [0.05, 0.1) is 0 Å². The van der Waals surface area contributed by atoms with Crippen molar-refractivity contribution in [2.75, 3.05) is 5.32 Å². The molecule has 0 radical (unpaired) electrons. The molecule has 0 spiro atoms. The molecule has 1 amide bonds. The fraction of sp³-hybridized carbons (Fsp3) is 0. The van der Waals surface area contributed by atoms with E-state index in [9.17, 15) is 9.59 Å². The van der Waals surface area contributed by atoms with Crippen molar-refractivity contribution in [1.29, 1.82) is 0 Å².